The van der Waals surface area contributed by atoms with Crippen LogP contribution in [0.5, 0.6) is 0 Å². The highest BCUT2D eigenvalue weighted by molar-refractivity contribution is 9.10. The van der Waals surface area contributed by atoms with Crippen molar-refractivity contribution >= 4 is 50.8 Å². The van der Waals surface area contributed by atoms with E-state index in [1.807, 2.05) is 0 Å². The zero-order valence-electron chi connectivity index (χ0n) is 14.3. The number of nitrogens with one attached hydrogen (secondary N) is 2. The van der Waals surface area contributed by atoms with Crippen LogP contribution in [0.25, 0.3) is 0 Å². The lowest BCUT2D eigenvalue weighted by molar-refractivity contribution is 0.0303. The number of hydrogen-bond acceptors (Lipinski definition) is 5. The first-order chi connectivity index (χ1) is 13.0. The Kier molecular flexibility index (Phi) is 6.49. The van der Waals surface area contributed by atoms with Gasteiger partial charge in [-0.1, -0.05) is 6.07 Å². The normalized spacial score (nSPS) is 13.7. The van der Waals surface area contributed by atoms with E-state index in [0.717, 1.165) is 0 Å². The van der Waals surface area contributed by atoms with E-state index in [4.69, 9.17) is 17.0 Å². The molecule has 0 saturated carbocycles. The minimum absolute atomic E-state index is 0.0582. The SMILES string of the molecule is O=C(NC(=S)Nc1cccc(C(=O)N2CCOCC2)c1)c1cncc(Br)c1. The van der Waals surface area contributed by atoms with Gasteiger partial charge in [-0.25, -0.2) is 0 Å². The number of aromatic nitrogens is 1. The number of carbonyl (C=O) groups excluding carboxylic acids is 2. The fraction of sp³-hybridized carbons (Fsp3) is 0.222. The molecule has 0 atom stereocenters. The monoisotopic (exact) mass is 448 g/mol. The molecule has 2 N–H and O–H groups in total. The first-order valence-corrected chi connectivity index (χ1v) is 9.43. The van der Waals surface area contributed by atoms with E-state index in [1.54, 1.807) is 41.4 Å². The number of nitrogens with zero attached hydrogens (tertiary/aromatic N) is 2. The van der Waals surface area contributed by atoms with Gasteiger partial charge >= 0.3 is 0 Å². The van der Waals surface area contributed by atoms with E-state index in [2.05, 4.69) is 31.5 Å². The van der Waals surface area contributed by atoms with Crippen LogP contribution >= 0.6 is 28.1 Å². The number of carbonyl (C=O) groups is 2. The molecule has 0 spiro atoms. The third-order valence-corrected chi connectivity index (χ3v) is 4.50. The highest BCUT2D eigenvalue weighted by Crippen LogP contribution is 2.14. The molecular formula is C18H17BrN4O3S. The summed E-state index contributed by atoms with van der Waals surface area (Å²) in [5.41, 5.74) is 1.55. The van der Waals surface area contributed by atoms with Crippen molar-refractivity contribution < 1.29 is 14.3 Å². The number of halogens is 1. The lowest BCUT2D eigenvalue weighted by atomic mass is 10.1. The molecule has 3 rings (SSSR count). The molecule has 2 heterocycles. The van der Waals surface area contributed by atoms with E-state index < -0.39 is 0 Å². The number of morpholine rings is 1. The van der Waals surface area contributed by atoms with Crippen LogP contribution < -0.4 is 10.6 Å². The average Bonchev–Trinajstić information content (AvgIpc) is 2.68. The molecule has 2 aromatic rings. The molecular weight excluding hydrogens is 432 g/mol. The zero-order chi connectivity index (χ0) is 19.2. The molecule has 1 fully saturated rings. The summed E-state index contributed by atoms with van der Waals surface area (Å²) in [6.45, 7) is 2.24. The van der Waals surface area contributed by atoms with Crippen molar-refractivity contribution in [2.75, 3.05) is 31.6 Å². The number of benzene rings is 1. The summed E-state index contributed by atoms with van der Waals surface area (Å²) in [7, 11) is 0. The maximum atomic E-state index is 12.6. The highest BCUT2D eigenvalue weighted by Gasteiger charge is 2.18. The molecule has 0 aliphatic carbocycles. The second kappa shape index (κ2) is 9.03. The fourth-order valence-corrected chi connectivity index (χ4v) is 3.13. The summed E-state index contributed by atoms with van der Waals surface area (Å²) < 4.78 is 5.97. The van der Waals surface area contributed by atoms with Crippen molar-refractivity contribution in [1.82, 2.24) is 15.2 Å². The Morgan fingerprint density at radius 1 is 1.15 bits per heavy atom. The molecule has 1 aliphatic rings. The van der Waals surface area contributed by atoms with Gasteiger partial charge in [-0.05, 0) is 52.4 Å². The Morgan fingerprint density at radius 2 is 1.93 bits per heavy atom. The van der Waals surface area contributed by atoms with Gasteiger partial charge in [-0.3, -0.25) is 19.9 Å². The molecule has 2 amide bonds. The van der Waals surface area contributed by atoms with Crippen molar-refractivity contribution in [3.63, 3.8) is 0 Å². The van der Waals surface area contributed by atoms with Crippen LogP contribution in [0, 0.1) is 0 Å². The molecule has 1 aromatic carbocycles. The predicted molar refractivity (Wildman–Crippen MR) is 109 cm³/mol. The van der Waals surface area contributed by atoms with Crippen molar-refractivity contribution in [1.29, 1.82) is 0 Å². The van der Waals surface area contributed by atoms with E-state index in [0.29, 0.717) is 47.6 Å². The van der Waals surface area contributed by atoms with Gasteiger partial charge in [0.05, 0.1) is 18.8 Å². The standard InChI is InChI=1S/C18H17BrN4O3S/c19-14-8-13(10-20-11-14)16(24)22-18(27)21-15-3-1-2-12(9-15)17(25)23-4-6-26-7-5-23/h1-3,8-11H,4-7H2,(H2,21,22,24,27). The smallest absolute Gasteiger partial charge is 0.259 e. The molecule has 9 heteroatoms. The van der Waals surface area contributed by atoms with Crippen LogP contribution in [-0.2, 0) is 4.74 Å². The van der Waals surface area contributed by atoms with E-state index in [9.17, 15) is 9.59 Å². The Hall–Kier alpha value is -2.36. The lowest BCUT2D eigenvalue weighted by Crippen LogP contribution is -2.40. The van der Waals surface area contributed by atoms with Gasteiger partial charge < -0.3 is 15.0 Å². The Bertz CT molecular complexity index is 871. The quantitative estimate of drug-likeness (QED) is 0.701. The van der Waals surface area contributed by atoms with Crippen LogP contribution in [0.2, 0.25) is 0 Å². The first kappa shape index (κ1) is 19.4. The summed E-state index contributed by atoms with van der Waals surface area (Å²) >= 11 is 8.46. The summed E-state index contributed by atoms with van der Waals surface area (Å²) in [6.07, 6.45) is 3.04. The number of pyridine rings is 1. The second-order valence-electron chi connectivity index (χ2n) is 5.79. The van der Waals surface area contributed by atoms with Crippen LogP contribution in [0.15, 0.2) is 47.2 Å². The van der Waals surface area contributed by atoms with E-state index in [-0.39, 0.29) is 16.9 Å². The summed E-state index contributed by atoms with van der Waals surface area (Å²) in [4.78, 5) is 30.5. The number of hydrogen-bond donors (Lipinski definition) is 2. The van der Waals surface area contributed by atoms with Gasteiger partial charge in [0.15, 0.2) is 5.11 Å². The lowest BCUT2D eigenvalue weighted by Gasteiger charge is -2.27. The van der Waals surface area contributed by atoms with Gasteiger partial charge in [0, 0.05) is 41.2 Å². The van der Waals surface area contributed by atoms with Crippen LogP contribution in [0.4, 0.5) is 5.69 Å². The Morgan fingerprint density at radius 3 is 2.67 bits per heavy atom. The molecule has 0 unspecified atom stereocenters. The largest absolute Gasteiger partial charge is 0.378 e. The van der Waals surface area contributed by atoms with Gasteiger partial charge in [0.25, 0.3) is 11.8 Å². The molecule has 1 saturated heterocycles. The van der Waals surface area contributed by atoms with Gasteiger partial charge in [0.2, 0.25) is 0 Å². The van der Waals surface area contributed by atoms with E-state index in [1.165, 1.54) is 6.20 Å². The summed E-state index contributed by atoms with van der Waals surface area (Å²) in [6, 6.07) is 8.63. The predicted octanol–water partition coefficient (Wildman–Crippen LogP) is 2.44. The zero-order valence-corrected chi connectivity index (χ0v) is 16.7. The van der Waals surface area contributed by atoms with E-state index >= 15 is 0 Å². The molecule has 0 bridgehead atoms. The Balaban J connectivity index is 1.62. The van der Waals surface area contributed by atoms with Crippen LogP contribution in [-0.4, -0.2) is 53.1 Å². The van der Waals surface area contributed by atoms with Gasteiger partial charge in [0.1, 0.15) is 0 Å². The minimum atomic E-state index is -0.373. The topological polar surface area (TPSA) is 83.6 Å². The molecule has 1 aliphatic heterocycles. The Labute approximate surface area is 170 Å². The number of thiocarbonyl (C=S) groups is 1. The van der Waals surface area contributed by atoms with Gasteiger partial charge in [-0.2, -0.15) is 0 Å². The number of amides is 2. The third kappa shape index (κ3) is 5.31. The molecule has 27 heavy (non-hydrogen) atoms. The fourth-order valence-electron chi connectivity index (χ4n) is 2.55. The first-order valence-electron chi connectivity index (χ1n) is 8.23. The molecule has 0 radical (unpaired) electrons. The number of anilines is 1. The maximum Gasteiger partial charge on any atom is 0.259 e. The average molecular weight is 449 g/mol. The molecule has 140 valence electrons. The highest BCUT2D eigenvalue weighted by atomic mass is 79.9. The summed E-state index contributed by atoms with van der Waals surface area (Å²) in [5.74, 6) is -0.432. The second-order valence-corrected chi connectivity index (χ2v) is 7.11. The number of ether oxygens (including phenoxy) is 1. The van der Waals surface area contributed by atoms with Crippen LogP contribution in [0.3, 0.4) is 0 Å². The van der Waals surface area contributed by atoms with Crippen molar-refractivity contribution in [3.8, 4) is 0 Å². The van der Waals surface area contributed by atoms with Crippen molar-refractivity contribution in [2.24, 2.45) is 0 Å². The summed E-state index contributed by atoms with van der Waals surface area (Å²) in [5, 5.41) is 5.66. The third-order valence-electron chi connectivity index (χ3n) is 3.86. The maximum absolute atomic E-state index is 12.6. The van der Waals surface area contributed by atoms with Crippen molar-refractivity contribution in [3.05, 3.63) is 58.3 Å². The molecule has 7 nitrogen and oxygen atoms in total. The number of rotatable bonds is 3. The van der Waals surface area contributed by atoms with Crippen molar-refractivity contribution in [2.45, 2.75) is 0 Å². The van der Waals surface area contributed by atoms with Crippen LogP contribution in [0.1, 0.15) is 20.7 Å². The molecule has 1 aromatic heterocycles. The minimum Gasteiger partial charge on any atom is -0.378 e. The van der Waals surface area contributed by atoms with Gasteiger partial charge in [-0.15, -0.1) is 0 Å².